The fourth-order valence-corrected chi connectivity index (χ4v) is 2.58. The fraction of sp³-hybridized carbons (Fsp3) is 0.923. The highest BCUT2D eigenvalue weighted by Crippen LogP contribution is 2.35. The topological polar surface area (TPSA) is 29.5 Å². The maximum Gasteiger partial charge on any atom is 0.141 e. The van der Waals surface area contributed by atoms with E-state index >= 15 is 0 Å². The Morgan fingerprint density at radius 2 is 2.00 bits per heavy atom. The zero-order valence-electron chi connectivity index (χ0n) is 9.86. The highest BCUT2D eigenvalue weighted by molar-refractivity contribution is 5.82. The van der Waals surface area contributed by atoms with Crippen LogP contribution in [0.3, 0.4) is 0 Å². The molecule has 3 heteroatoms. The molecule has 3 nitrogen and oxygen atoms in total. The van der Waals surface area contributed by atoms with E-state index in [2.05, 4.69) is 4.90 Å². The van der Waals surface area contributed by atoms with Gasteiger partial charge in [-0.2, -0.15) is 0 Å². The first-order valence-corrected chi connectivity index (χ1v) is 6.67. The first-order chi connectivity index (χ1) is 7.83. The van der Waals surface area contributed by atoms with E-state index in [9.17, 15) is 4.79 Å². The van der Waals surface area contributed by atoms with E-state index in [1.54, 1.807) is 0 Å². The molecule has 90 valence electrons. The van der Waals surface area contributed by atoms with E-state index in [0.29, 0.717) is 25.4 Å². The lowest BCUT2D eigenvalue weighted by atomic mass is 10.00. The van der Waals surface area contributed by atoms with Crippen molar-refractivity contribution in [3.8, 4) is 0 Å². The van der Waals surface area contributed by atoms with Crippen molar-refractivity contribution in [2.45, 2.75) is 38.1 Å². The summed E-state index contributed by atoms with van der Waals surface area (Å²) >= 11 is 0. The summed E-state index contributed by atoms with van der Waals surface area (Å²) in [5, 5.41) is 0. The fourth-order valence-electron chi connectivity index (χ4n) is 2.58. The van der Waals surface area contributed by atoms with Crippen LogP contribution in [-0.4, -0.2) is 43.0 Å². The first-order valence-electron chi connectivity index (χ1n) is 6.67. The van der Waals surface area contributed by atoms with Gasteiger partial charge in [0.1, 0.15) is 5.78 Å². The number of hydrogen-bond acceptors (Lipinski definition) is 3. The third kappa shape index (κ3) is 2.64. The second kappa shape index (κ2) is 4.46. The molecule has 0 aromatic heterocycles. The second-order valence-electron chi connectivity index (χ2n) is 5.62. The Labute approximate surface area is 97.1 Å². The van der Waals surface area contributed by atoms with Gasteiger partial charge in [-0.1, -0.05) is 0 Å². The van der Waals surface area contributed by atoms with Gasteiger partial charge in [-0.25, -0.2) is 0 Å². The minimum Gasteiger partial charge on any atom is -0.380 e. The highest BCUT2D eigenvalue weighted by Gasteiger charge is 2.36. The molecule has 1 aliphatic heterocycles. The molecule has 1 unspecified atom stereocenters. The minimum absolute atomic E-state index is 0.160. The summed E-state index contributed by atoms with van der Waals surface area (Å²) in [6, 6.07) is 0.787. The quantitative estimate of drug-likeness (QED) is 0.707. The Bertz CT molecular complexity index is 271. The molecule has 0 aromatic carbocycles. The molecule has 3 rings (SSSR count). The maximum absolute atomic E-state index is 11.8. The van der Waals surface area contributed by atoms with Crippen LogP contribution in [0.1, 0.15) is 32.1 Å². The summed E-state index contributed by atoms with van der Waals surface area (Å²) in [6.07, 6.45) is 6.12. The number of carbonyl (C=O) groups is 1. The van der Waals surface area contributed by atoms with Gasteiger partial charge in [-0.3, -0.25) is 9.69 Å². The number of carbonyl (C=O) groups excluding carboxylic acids is 1. The number of ketones is 1. The average molecular weight is 223 g/mol. The number of rotatable bonds is 5. The summed E-state index contributed by atoms with van der Waals surface area (Å²) in [6.45, 7) is 3.49. The van der Waals surface area contributed by atoms with E-state index in [0.717, 1.165) is 18.5 Å². The van der Waals surface area contributed by atoms with Crippen LogP contribution in [0, 0.1) is 11.8 Å². The van der Waals surface area contributed by atoms with Crippen LogP contribution in [0.4, 0.5) is 0 Å². The van der Waals surface area contributed by atoms with Gasteiger partial charge in [0.15, 0.2) is 0 Å². The summed E-state index contributed by atoms with van der Waals surface area (Å²) in [7, 11) is 0. The van der Waals surface area contributed by atoms with Gasteiger partial charge in [0.25, 0.3) is 0 Å². The molecule has 2 saturated carbocycles. The number of hydrogen-bond donors (Lipinski definition) is 0. The summed E-state index contributed by atoms with van der Waals surface area (Å²) in [5.41, 5.74) is 0. The van der Waals surface area contributed by atoms with Crippen molar-refractivity contribution < 1.29 is 9.53 Å². The lowest BCUT2D eigenvalue weighted by Crippen LogP contribution is -2.40. The first kappa shape index (κ1) is 10.7. The van der Waals surface area contributed by atoms with E-state index < -0.39 is 0 Å². The van der Waals surface area contributed by atoms with E-state index in [4.69, 9.17) is 4.74 Å². The molecular formula is C13H21NO2. The Balaban J connectivity index is 1.54. The molecule has 0 spiro atoms. The molecule has 0 aromatic rings. The van der Waals surface area contributed by atoms with Gasteiger partial charge in [-0.05, 0) is 31.6 Å². The van der Waals surface area contributed by atoms with E-state index in [-0.39, 0.29) is 5.92 Å². The van der Waals surface area contributed by atoms with E-state index in [1.807, 2.05) is 0 Å². The van der Waals surface area contributed by atoms with Crippen molar-refractivity contribution >= 4 is 5.78 Å². The van der Waals surface area contributed by atoms with Gasteiger partial charge >= 0.3 is 0 Å². The van der Waals surface area contributed by atoms with Crippen LogP contribution < -0.4 is 0 Å². The number of Topliss-reactive ketones (excluding diaryl/α,β-unsaturated/α-hetero) is 1. The zero-order chi connectivity index (χ0) is 11.0. The summed E-state index contributed by atoms with van der Waals surface area (Å²) in [4.78, 5) is 14.3. The molecule has 1 saturated heterocycles. The van der Waals surface area contributed by atoms with Crippen LogP contribution in [0.2, 0.25) is 0 Å². The lowest BCUT2D eigenvalue weighted by molar-refractivity contribution is -0.131. The molecule has 2 aliphatic carbocycles. The average Bonchev–Trinajstić information content (AvgIpc) is 3.15. The minimum atomic E-state index is 0.160. The van der Waals surface area contributed by atoms with Gasteiger partial charge in [-0.15, -0.1) is 0 Å². The van der Waals surface area contributed by atoms with Gasteiger partial charge in [0.2, 0.25) is 0 Å². The van der Waals surface area contributed by atoms with Crippen molar-refractivity contribution in [1.82, 2.24) is 4.90 Å². The van der Waals surface area contributed by atoms with Gasteiger partial charge in [0, 0.05) is 25.6 Å². The molecule has 0 radical (unpaired) electrons. The van der Waals surface area contributed by atoms with Gasteiger partial charge < -0.3 is 4.74 Å². The molecule has 16 heavy (non-hydrogen) atoms. The van der Waals surface area contributed by atoms with Crippen molar-refractivity contribution in [2.24, 2.45) is 11.8 Å². The van der Waals surface area contributed by atoms with E-state index in [1.165, 1.54) is 32.2 Å². The van der Waals surface area contributed by atoms with Crippen LogP contribution >= 0.6 is 0 Å². The standard InChI is InChI=1S/C13H21NO2/c15-13-5-6-16-9-11(13)8-14(12-3-4-12)7-10-1-2-10/h10-12H,1-9H2. The Morgan fingerprint density at radius 3 is 2.62 bits per heavy atom. The normalized spacial score (nSPS) is 31.1. The summed E-state index contributed by atoms with van der Waals surface area (Å²) in [5.74, 6) is 1.51. The molecule has 3 fully saturated rings. The molecule has 1 heterocycles. The predicted octanol–water partition coefficient (Wildman–Crippen LogP) is 1.47. The van der Waals surface area contributed by atoms with Crippen molar-refractivity contribution in [1.29, 1.82) is 0 Å². The monoisotopic (exact) mass is 223 g/mol. The zero-order valence-corrected chi connectivity index (χ0v) is 9.86. The van der Waals surface area contributed by atoms with Crippen LogP contribution in [-0.2, 0) is 9.53 Å². The third-order valence-electron chi connectivity index (χ3n) is 3.97. The third-order valence-corrected chi connectivity index (χ3v) is 3.97. The molecular weight excluding hydrogens is 202 g/mol. The van der Waals surface area contributed by atoms with Crippen LogP contribution in [0.25, 0.3) is 0 Å². The molecule has 3 aliphatic rings. The maximum atomic E-state index is 11.8. The Kier molecular flexibility index (Phi) is 2.99. The molecule has 0 bridgehead atoms. The van der Waals surface area contributed by atoms with Crippen LogP contribution in [0.15, 0.2) is 0 Å². The van der Waals surface area contributed by atoms with Gasteiger partial charge in [0.05, 0.1) is 19.1 Å². The number of ether oxygens (including phenoxy) is 1. The SMILES string of the molecule is O=C1CCOCC1CN(CC1CC1)C1CC1. The van der Waals surface area contributed by atoms with Crippen LogP contribution in [0.5, 0.6) is 0 Å². The van der Waals surface area contributed by atoms with Crippen molar-refractivity contribution in [3.63, 3.8) is 0 Å². The highest BCUT2D eigenvalue weighted by atomic mass is 16.5. The Morgan fingerprint density at radius 1 is 1.19 bits per heavy atom. The number of nitrogens with zero attached hydrogens (tertiary/aromatic N) is 1. The molecule has 0 N–H and O–H groups in total. The smallest absolute Gasteiger partial charge is 0.141 e. The van der Waals surface area contributed by atoms with Crippen molar-refractivity contribution in [3.05, 3.63) is 0 Å². The predicted molar refractivity (Wildman–Crippen MR) is 61.3 cm³/mol. The lowest BCUT2D eigenvalue weighted by Gasteiger charge is -2.28. The summed E-state index contributed by atoms with van der Waals surface area (Å²) < 4.78 is 5.43. The molecule has 0 amide bonds. The van der Waals surface area contributed by atoms with Crippen molar-refractivity contribution in [2.75, 3.05) is 26.3 Å². The largest absolute Gasteiger partial charge is 0.380 e. The molecule has 1 atom stereocenters. The Hall–Kier alpha value is -0.410. The second-order valence-corrected chi connectivity index (χ2v) is 5.62.